The third-order valence-electron chi connectivity index (χ3n) is 3.12. The van der Waals surface area contributed by atoms with E-state index in [0.29, 0.717) is 4.47 Å². The minimum absolute atomic E-state index is 0.124. The van der Waals surface area contributed by atoms with Gasteiger partial charge in [-0.15, -0.1) is 0 Å². The zero-order chi connectivity index (χ0) is 17.5. The number of halogens is 1. The molecule has 0 fully saturated rings. The van der Waals surface area contributed by atoms with Gasteiger partial charge in [-0.05, 0) is 27.6 Å². The van der Waals surface area contributed by atoms with E-state index in [4.69, 9.17) is 9.84 Å². The average Bonchev–Trinajstić information content (AvgIpc) is 2.56. The number of pyridine rings is 1. The molecule has 1 heterocycles. The Labute approximate surface area is 146 Å². The number of aromatic carboxylic acids is 1. The molecule has 0 spiro atoms. The Hall–Kier alpha value is -2.61. The van der Waals surface area contributed by atoms with Crippen LogP contribution in [-0.2, 0) is 17.9 Å². The van der Waals surface area contributed by atoms with Gasteiger partial charge in [0, 0.05) is 23.8 Å². The molecule has 0 bridgehead atoms. The first kappa shape index (κ1) is 17.7. The molecule has 0 saturated heterocycles. The molecule has 1 aromatic carbocycles. The molecule has 0 aliphatic heterocycles. The Morgan fingerprint density at radius 3 is 2.62 bits per heavy atom. The number of carbonyl (C=O) groups excluding carboxylic acids is 1. The van der Waals surface area contributed by atoms with Crippen LogP contribution in [0.3, 0.4) is 0 Å². The van der Waals surface area contributed by atoms with Crippen LogP contribution in [0.15, 0.2) is 51.9 Å². The van der Waals surface area contributed by atoms with Crippen LogP contribution in [-0.4, -0.2) is 28.3 Å². The second kappa shape index (κ2) is 8.30. The molecule has 24 heavy (non-hydrogen) atoms. The number of aromatic nitrogens is 1. The van der Waals surface area contributed by atoms with Crippen molar-refractivity contribution in [3.8, 4) is 0 Å². The highest BCUT2D eigenvalue weighted by atomic mass is 79.9. The summed E-state index contributed by atoms with van der Waals surface area (Å²) in [6, 6.07) is 10.5. The molecule has 0 aliphatic carbocycles. The van der Waals surface area contributed by atoms with Crippen molar-refractivity contribution in [2.45, 2.75) is 13.2 Å². The van der Waals surface area contributed by atoms with Crippen molar-refractivity contribution in [2.75, 3.05) is 6.54 Å². The van der Waals surface area contributed by atoms with Gasteiger partial charge in [-0.3, -0.25) is 4.79 Å². The number of amides is 1. The van der Waals surface area contributed by atoms with Gasteiger partial charge in [0.2, 0.25) is 0 Å². The molecule has 8 heteroatoms. The van der Waals surface area contributed by atoms with E-state index in [9.17, 15) is 14.4 Å². The molecule has 0 aliphatic rings. The van der Waals surface area contributed by atoms with Crippen LogP contribution in [0.2, 0.25) is 0 Å². The fraction of sp³-hybridized carbons (Fsp3) is 0.188. The summed E-state index contributed by atoms with van der Waals surface area (Å²) >= 11 is 3.15. The summed E-state index contributed by atoms with van der Waals surface area (Å²) in [5.41, 5.74) is -0.108. The van der Waals surface area contributed by atoms with Gasteiger partial charge in [0.15, 0.2) is 0 Å². The van der Waals surface area contributed by atoms with Crippen LogP contribution in [0.5, 0.6) is 0 Å². The van der Waals surface area contributed by atoms with E-state index in [-0.39, 0.29) is 25.3 Å². The van der Waals surface area contributed by atoms with Gasteiger partial charge in [-0.25, -0.2) is 9.59 Å². The summed E-state index contributed by atoms with van der Waals surface area (Å²) in [6.07, 6.45) is 0.853. The Balaban J connectivity index is 1.87. The molecule has 0 radical (unpaired) electrons. The fourth-order valence-corrected chi connectivity index (χ4v) is 2.45. The van der Waals surface area contributed by atoms with E-state index in [2.05, 4.69) is 21.2 Å². The lowest BCUT2D eigenvalue weighted by Gasteiger charge is -2.10. The molecule has 2 rings (SSSR count). The lowest BCUT2D eigenvalue weighted by Crippen LogP contribution is -2.32. The summed E-state index contributed by atoms with van der Waals surface area (Å²) in [4.78, 5) is 34.6. The van der Waals surface area contributed by atoms with Crippen LogP contribution in [0, 0.1) is 0 Å². The number of ether oxygens (including phenoxy) is 1. The van der Waals surface area contributed by atoms with Gasteiger partial charge in [0.05, 0.1) is 0 Å². The van der Waals surface area contributed by atoms with Crippen molar-refractivity contribution in [3.63, 3.8) is 0 Å². The molecular formula is C16H15BrN2O5. The van der Waals surface area contributed by atoms with Gasteiger partial charge >= 0.3 is 12.1 Å². The second-order valence-corrected chi connectivity index (χ2v) is 5.78. The largest absolute Gasteiger partial charge is 0.477 e. The third-order valence-corrected chi connectivity index (χ3v) is 3.55. The van der Waals surface area contributed by atoms with E-state index in [1.54, 1.807) is 0 Å². The highest BCUT2D eigenvalue weighted by molar-refractivity contribution is 9.10. The van der Waals surface area contributed by atoms with Gasteiger partial charge < -0.3 is 19.7 Å². The van der Waals surface area contributed by atoms with Gasteiger partial charge in [-0.2, -0.15) is 0 Å². The summed E-state index contributed by atoms with van der Waals surface area (Å²) in [5, 5.41) is 11.5. The molecule has 126 valence electrons. The number of carboxylic acids is 1. The fourth-order valence-electron chi connectivity index (χ4n) is 1.97. The van der Waals surface area contributed by atoms with Crippen molar-refractivity contribution in [1.82, 2.24) is 9.88 Å². The summed E-state index contributed by atoms with van der Waals surface area (Å²) in [5.74, 6) is -1.30. The minimum Gasteiger partial charge on any atom is -0.477 e. The number of carbonyl (C=O) groups is 2. The zero-order valence-electron chi connectivity index (χ0n) is 12.6. The number of alkyl carbamates (subject to hydrolysis) is 1. The molecule has 0 atom stereocenters. The molecule has 0 unspecified atom stereocenters. The number of rotatable bonds is 6. The van der Waals surface area contributed by atoms with Crippen LogP contribution in [0.4, 0.5) is 4.79 Å². The normalized spacial score (nSPS) is 10.2. The van der Waals surface area contributed by atoms with Crippen LogP contribution in [0.25, 0.3) is 0 Å². The topological polar surface area (TPSA) is 97.6 Å². The molecule has 1 amide bonds. The number of nitrogens with one attached hydrogen (secondary N) is 1. The number of benzene rings is 1. The van der Waals surface area contributed by atoms with E-state index in [0.717, 1.165) is 5.56 Å². The predicted octanol–water partition coefficient (Wildman–Crippen LogP) is 2.24. The van der Waals surface area contributed by atoms with Gasteiger partial charge in [0.1, 0.15) is 12.2 Å². The SMILES string of the molecule is O=C(NCCn1cc(Br)cc(C(=O)O)c1=O)OCc1ccccc1. The molecular weight excluding hydrogens is 380 g/mol. The molecule has 7 nitrogen and oxygen atoms in total. The van der Waals surface area contributed by atoms with Crippen molar-refractivity contribution in [1.29, 1.82) is 0 Å². The lowest BCUT2D eigenvalue weighted by molar-refractivity contribution is 0.0694. The van der Waals surface area contributed by atoms with E-state index >= 15 is 0 Å². The maximum atomic E-state index is 12.0. The first-order chi connectivity index (χ1) is 11.5. The first-order valence-corrected chi connectivity index (χ1v) is 7.84. The van der Waals surface area contributed by atoms with Crippen molar-refractivity contribution < 1.29 is 19.4 Å². The number of carboxylic acid groups (broad SMARTS) is 1. The first-order valence-electron chi connectivity index (χ1n) is 7.05. The van der Waals surface area contributed by atoms with Gasteiger partial charge in [0.25, 0.3) is 5.56 Å². The van der Waals surface area contributed by atoms with E-state index < -0.39 is 17.6 Å². The van der Waals surface area contributed by atoms with E-state index in [1.165, 1.54) is 16.8 Å². The predicted molar refractivity (Wildman–Crippen MR) is 90.0 cm³/mol. The Bertz CT molecular complexity index is 789. The monoisotopic (exact) mass is 394 g/mol. The maximum absolute atomic E-state index is 12.0. The zero-order valence-corrected chi connectivity index (χ0v) is 14.2. The molecule has 2 N–H and O–H groups in total. The average molecular weight is 395 g/mol. The standard InChI is InChI=1S/C16H15BrN2O5/c17-12-8-13(15(21)22)14(20)19(9-12)7-6-18-16(23)24-10-11-4-2-1-3-5-11/h1-5,8-9H,6-7,10H2,(H,18,23)(H,21,22). The van der Waals surface area contributed by atoms with Gasteiger partial charge in [-0.1, -0.05) is 30.3 Å². The summed E-state index contributed by atoms with van der Waals surface area (Å²) < 4.78 is 6.72. The Kier molecular flexibility index (Phi) is 6.14. The number of nitrogens with zero attached hydrogens (tertiary/aromatic N) is 1. The molecule has 0 saturated carbocycles. The van der Waals surface area contributed by atoms with Crippen molar-refractivity contribution in [3.05, 3.63) is 68.5 Å². The Morgan fingerprint density at radius 1 is 1.25 bits per heavy atom. The summed E-state index contributed by atoms with van der Waals surface area (Å²) in [7, 11) is 0. The van der Waals surface area contributed by atoms with Crippen LogP contribution >= 0.6 is 15.9 Å². The third kappa shape index (κ3) is 4.95. The number of hydrogen-bond acceptors (Lipinski definition) is 4. The molecule has 2 aromatic rings. The lowest BCUT2D eigenvalue weighted by atomic mass is 10.2. The highest BCUT2D eigenvalue weighted by Crippen LogP contribution is 2.08. The van der Waals surface area contributed by atoms with Crippen LogP contribution < -0.4 is 10.9 Å². The highest BCUT2D eigenvalue weighted by Gasteiger charge is 2.12. The van der Waals surface area contributed by atoms with E-state index in [1.807, 2.05) is 30.3 Å². The second-order valence-electron chi connectivity index (χ2n) is 4.86. The van der Waals surface area contributed by atoms with Crippen LogP contribution in [0.1, 0.15) is 15.9 Å². The maximum Gasteiger partial charge on any atom is 0.407 e. The smallest absolute Gasteiger partial charge is 0.407 e. The van der Waals surface area contributed by atoms with Crippen molar-refractivity contribution >= 4 is 28.0 Å². The minimum atomic E-state index is -1.30. The molecule has 1 aromatic heterocycles. The van der Waals surface area contributed by atoms with Crippen molar-refractivity contribution in [2.24, 2.45) is 0 Å². The quantitative estimate of drug-likeness (QED) is 0.782. The number of hydrogen-bond donors (Lipinski definition) is 2. The Morgan fingerprint density at radius 2 is 1.96 bits per heavy atom. The summed E-state index contributed by atoms with van der Waals surface area (Å²) in [6.45, 7) is 0.398.